The van der Waals surface area contributed by atoms with E-state index in [4.69, 9.17) is 4.74 Å². The fourth-order valence-electron chi connectivity index (χ4n) is 5.07. The van der Waals surface area contributed by atoms with Crippen molar-refractivity contribution in [3.05, 3.63) is 65.2 Å². The minimum Gasteiger partial charge on any atom is -0.381 e. The zero-order chi connectivity index (χ0) is 23.1. The van der Waals surface area contributed by atoms with Crippen molar-refractivity contribution < 1.29 is 22.7 Å². The molecule has 6 nitrogen and oxygen atoms in total. The lowest BCUT2D eigenvalue weighted by Gasteiger charge is -2.40. The van der Waals surface area contributed by atoms with Gasteiger partial charge in [-0.25, -0.2) is 4.79 Å². The summed E-state index contributed by atoms with van der Waals surface area (Å²) >= 11 is 0. The van der Waals surface area contributed by atoms with Crippen molar-refractivity contribution in [3.63, 3.8) is 0 Å². The van der Waals surface area contributed by atoms with Gasteiger partial charge in [-0.05, 0) is 48.2 Å². The zero-order valence-electron chi connectivity index (χ0n) is 18.2. The van der Waals surface area contributed by atoms with Crippen LogP contribution in [0.15, 0.2) is 48.5 Å². The first-order chi connectivity index (χ1) is 15.9. The topological polar surface area (TPSA) is 56.8 Å². The molecule has 0 bridgehead atoms. The third kappa shape index (κ3) is 4.32. The van der Waals surface area contributed by atoms with Crippen LogP contribution in [0.2, 0.25) is 0 Å². The molecule has 5 rings (SSSR count). The molecule has 0 radical (unpaired) electrons. The van der Waals surface area contributed by atoms with Crippen LogP contribution in [0.25, 0.3) is 0 Å². The standard InChI is InChI=1S/C24H27F3N4O2/c25-24(26,27)20-3-1-2-17(12-20)15-31-22(32)30(16-23(31)8-10-33-11-9-23)21-6-4-18(5-7-21)19-13-28-29-14-19/h1-7,12,19,28-29H,8-11,13-16H2. The molecule has 2 aromatic rings. The Hall–Kier alpha value is -2.62. The van der Waals surface area contributed by atoms with E-state index >= 15 is 0 Å². The van der Waals surface area contributed by atoms with Crippen molar-refractivity contribution in [2.45, 2.75) is 37.0 Å². The molecule has 0 atom stereocenters. The van der Waals surface area contributed by atoms with Crippen LogP contribution in [0.1, 0.15) is 35.4 Å². The molecule has 2 N–H and O–H groups in total. The van der Waals surface area contributed by atoms with Crippen molar-refractivity contribution in [1.29, 1.82) is 0 Å². The third-order valence-corrected chi connectivity index (χ3v) is 7.00. The SMILES string of the molecule is O=C1N(c2ccc(C3CNNC3)cc2)CC2(CCOCC2)N1Cc1cccc(C(F)(F)F)c1. The van der Waals surface area contributed by atoms with E-state index in [-0.39, 0.29) is 12.6 Å². The summed E-state index contributed by atoms with van der Waals surface area (Å²) in [5, 5.41) is 0. The number of hydrogen-bond acceptors (Lipinski definition) is 4. The highest BCUT2D eigenvalue weighted by molar-refractivity contribution is 5.95. The van der Waals surface area contributed by atoms with Gasteiger partial charge in [0.2, 0.25) is 0 Å². The number of carbonyl (C=O) groups excluding carboxylic acids is 1. The van der Waals surface area contributed by atoms with E-state index in [2.05, 4.69) is 10.9 Å². The molecule has 2 amide bonds. The van der Waals surface area contributed by atoms with Crippen molar-refractivity contribution >= 4 is 11.7 Å². The number of anilines is 1. The summed E-state index contributed by atoms with van der Waals surface area (Å²) in [6.45, 7) is 3.41. The molecule has 0 unspecified atom stereocenters. The first kappa shape index (κ1) is 22.2. The number of carbonyl (C=O) groups is 1. The second kappa shape index (κ2) is 8.62. The van der Waals surface area contributed by atoms with Crippen molar-refractivity contribution in [2.75, 3.05) is 37.7 Å². The van der Waals surface area contributed by atoms with Crippen LogP contribution in [0.3, 0.4) is 0 Å². The Labute approximate surface area is 190 Å². The minimum atomic E-state index is -4.42. The number of halogens is 3. The van der Waals surface area contributed by atoms with E-state index in [9.17, 15) is 18.0 Å². The summed E-state index contributed by atoms with van der Waals surface area (Å²) in [5.74, 6) is 0.382. The summed E-state index contributed by atoms with van der Waals surface area (Å²) in [5.41, 5.74) is 7.57. The van der Waals surface area contributed by atoms with Gasteiger partial charge in [-0.15, -0.1) is 0 Å². The molecule has 0 aliphatic carbocycles. The number of amides is 2. The van der Waals surface area contributed by atoms with Gasteiger partial charge in [0, 0.05) is 44.5 Å². The molecular formula is C24H27F3N4O2. The molecule has 9 heteroatoms. The summed E-state index contributed by atoms with van der Waals surface area (Å²) in [4.78, 5) is 17.1. The smallest absolute Gasteiger partial charge is 0.381 e. The van der Waals surface area contributed by atoms with Crippen molar-refractivity contribution in [3.8, 4) is 0 Å². The fraction of sp³-hybridized carbons (Fsp3) is 0.458. The van der Waals surface area contributed by atoms with Crippen LogP contribution in [0.5, 0.6) is 0 Å². The van der Waals surface area contributed by atoms with Gasteiger partial charge in [0.1, 0.15) is 0 Å². The second-order valence-corrected chi connectivity index (χ2v) is 9.04. The Morgan fingerprint density at radius 3 is 2.39 bits per heavy atom. The molecule has 3 aliphatic heterocycles. The maximum Gasteiger partial charge on any atom is 0.416 e. The number of nitrogens with zero attached hydrogens (tertiary/aromatic N) is 2. The summed E-state index contributed by atoms with van der Waals surface area (Å²) in [6, 6.07) is 13.1. The monoisotopic (exact) mass is 460 g/mol. The number of ether oxygens (including phenoxy) is 1. The summed E-state index contributed by atoms with van der Waals surface area (Å²) < 4.78 is 45.2. The van der Waals surface area contributed by atoms with E-state index in [1.54, 1.807) is 15.9 Å². The average molecular weight is 461 g/mol. The maximum absolute atomic E-state index is 13.6. The zero-order valence-corrected chi connectivity index (χ0v) is 18.2. The van der Waals surface area contributed by atoms with Gasteiger partial charge in [-0.1, -0.05) is 24.3 Å². The van der Waals surface area contributed by atoms with Crippen LogP contribution >= 0.6 is 0 Å². The van der Waals surface area contributed by atoms with Gasteiger partial charge < -0.3 is 9.64 Å². The van der Waals surface area contributed by atoms with E-state index in [1.807, 2.05) is 24.3 Å². The van der Waals surface area contributed by atoms with Gasteiger partial charge in [0.25, 0.3) is 0 Å². The molecule has 176 valence electrons. The lowest BCUT2D eigenvalue weighted by Crippen LogP contribution is -2.50. The molecule has 3 aliphatic rings. The quantitative estimate of drug-likeness (QED) is 0.727. The predicted molar refractivity (Wildman–Crippen MR) is 118 cm³/mol. The number of nitrogens with one attached hydrogen (secondary N) is 2. The van der Waals surface area contributed by atoms with Crippen LogP contribution in [0.4, 0.5) is 23.7 Å². The largest absolute Gasteiger partial charge is 0.416 e. The first-order valence-corrected chi connectivity index (χ1v) is 11.2. The van der Waals surface area contributed by atoms with E-state index in [1.165, 1.54) is 11.6 Å². The fourth-order valence-corrected chi connectivity index (χ4v) is 5.07. The van der Waals surface area contributed by atoms with Crippen molar-refractivity contribution in [1.82, 2.24) is 15.8 Å². The minimum absolute atomic E-state index is 0.136. The Morgan fingerprint density at radius 2 is 1.73 bits per heavy atom. The molecule has 3 saturated heterocycles. The molecule has 0 aromatic heterocycles. The number of urea groups is 1. The van der Waals surface area contributed by atoms with Gasteiger partial charge in [-0.2, -0.15) is 13.2 Å². The van der Waals surface area contributed by atoms with E-state index in [0.717, 1.165) is 30.9 Å². The highest BCUT2D eigenvalue weighted by Gasteiger charge is 2.50. The Bertz CT molecular complexity index is 1000. The number of hydrazine groups is 1. The van der Waals surface area contributed by atoms with Crippen LogP contribution in [-0.2, 0) is 17.5 Å². The average Bonchev–Trinajstić information content (AvgIpc) is 3.43. The number of benzene rings is 2. The molecule has 3 heterocycles. The molecule has 33 heavy (non-hydrogen) atoms. The Morgan fingerprint density at radius 1 is 1.03 bits per heavy atom. The summed E-state index contributed by atoms with van der Waals surface area (Å²) in [6.07, 6.45) is -3.10. The van der Waals surface area contributed by atoms with Crippen LogP contribution in [0, 0.1) is 0 Å². The van der Waals surface area contributed by atoms with Crippen molar-refractivity contribution in [2.24, 2.45) is 0 Å². The lowest BCUT2D eigenvalue weighted by molar-refractivity contribution is -0.137. The van der Waals surface area contributed by atoms with Crippen LogP contribution in [-0.4, -0.2) is 49.3 Å². The molecular weight excluding hydrogens is 433 g/mol. The number of hydrogen-bond donors (Lipinski definition) is 2. The van der Waals surface area contributed by atoms with Crippen LogP contribution < -0.4 is 15.8 Å². The Balaban J connectivity index is 1.41. The predicted octanol–water partition coefficient (Wildman–Crippen LogP) is 3.89. The van der Waals surface area contributed by atoms with Gasteiger partial charge in [0.15, 0.2) is 0 Å². The molecule has 0 saturated carbocycles. The van der Waals surface area contributed by atoms with E-state index < -0.39 is 17.3 Å². The lowest BCUT2D eigenvalue weighted by atomic mass is 9.88. The van der Waals surface area contributed by atoms with Gasteiger partial charge in [-0.3, -0.25) is 15.8 Å². The second-order valence-electron chi connectivity index (χ2n) is 9.04. The molecule has 2 aromatic carbocycles. The maximum atomic E-state index is 13.6. The number of alkyl halides is 3. The molecule has 1 spiro atoms. The van der Waals surface area contributed by atoms with Gasteiger partial charge >= 0.3 is 12.2 Å². The normalized spacial score (nSPS) is 21.4. The highest BCUT2D eigenvalue weighted by Crippen LogP contribution is 2.39. The molecule has 3 fully saturated rings. The summed E-state index contributed by atoms with van der Waals surface area (Å²) in [7, 11) is 0. The first-order valence-electron chi connectivity index (χ1n) is 11.2. The highest BCUT2D eigenvalue weighted by atomic mass is 19.4. The van der Waals surface area contributed by atoms with E-state index in [0.29, 0.717) is 44.1 Å². The third-order valence-electron chi connectivity index (χ3n) is 7.00. The van der Waals surface area contributed by atoms with Gasteiger partial charge in [0.05, 0.1) is 17.6 Å². The Kier molecular flexibility index (Phi) is 5.80. The number of rotatable bonds is 4.